The second-order valence-electron chi connectivity index (χ2n) is 3.85. The summed E-state index contributed by atoms with van der Waals surface area (Å²) in [7, 11) is 1.16. The van der Waals surface area contributed by atoms with Crippen LogP contribution < -0.4 is 0 Å². The van der Waals surface area contributed by atoms with Gasteiger partial charge in [0.25, 0.3) is 0 Å². The van der Waals surface area contributed by atoms with Gasteiger partial charge in [0.15, 0.2) is 5.49 Å². The molecule has 0 unspecified atom stereocenters. The Morgan fingerprint density at radius 2 is 1.69 bits per heavy atom. The summed E-state index contributed by atoms with van der Waals surface area (Å²) in [5.74, 6) is 0. The molecule has 3 rings (SSSR count). The van der Waals surface area contributed by atoms with Crippen LogP contribution in [0.2, 0.25) is 0 Å². The maximum Gasteiger partial charge on any atom is 0.161 e. The van der Waals surface area contributed by atoms with Gasteiger partial charge in [0.05, 0.1) is 0 Å². The maximum atomic E-state index is 5.84. The number of hydrogen-bond donors (Lipinski definition) is 0. The fourth-order valence-corrected chi connectivity index (χ4v) is 2.72. The summed E-state index contributed by atoms with van der Waals surface area (Å²) in [6.07, 6.45) is 0. The van der Waals surface area contributed by atoms with Crippen LogP contribution in [0.1, 0.15) is 5.56 Å². The van der Waals surface area contributed by atoms with Crippen molar-refractivity contribution in [2.45, 2.75) is 6.92 Å². The molecular weight excluding hydrogens is 215 g/mol. The smallest absolute Gasteiger partial charge is 0.161 e. The number of benzene rings is 2. The van der Waals surface area contributed by atoms with E-state index in [0.29, 0.717) is 0 Å². The normalized spacial score (nSPS) is 11.3. The van der Waals surface area contributed by atoms with Gasteiger partial charge in [-0.1, -0.05) is 42.0 Å². The molecule has 0 N–H and O–H groups in total. The van der Waals surface area contributed by atoms with Crippen molar-refractivity contribution in [3.05, 3.63) is 54.1 Å². The Bertz CT molecular complexity index is 590. The SMILES string of the molecule is Cc1ccc(-c2oc3ccccc3p2)cc1. The van der Waals surface area contributed by atoms with E-state index in [2.05, 4.69) is 37.3 Å². The van der Waals surface area contributed by atoms with Crippen molar-refractivity contribution in [2.24, 2.45) is 0 Å². The Balaban J connectivity index is 2.15. The van der Waals surface area contributed by atoms with Crippen LogP contribution in [-0.4, -0.2) is 0 Å². The molecule has 78 valence electrons. The third-order valence-corrected chi connectivity index (χ3v) is 3.76. The molecule has 0 aliphatic rings. The van der Waals surface area contributed by atoms with E-state index in [-0.39, 0.29) is 0 Å². The van der Waals surface area contributed by atoms with Crippen LogP contribution >= 0.6 is 8.19 Å². The first-order chi connectivity index (χ1) is 7.83. The molecule has 0 radical (unpaired) electrons. The van der Waals surface area contributed by atoms with Gasteiger partial charge >= 0.3 is 0 Å². The average molecular weight is 226 g/mol. The molecule has 0 spiro atoms. The third kappa shape index (κ3) is 1.64. The van der Waals surface area contributed by atoms with Crippen molar-refractivity contribution in [1.29, 1.82) is 0 Å². The Morgan fingerprint density at radius 3 is 2.44 bits per heavy atom. The molecule has 1 aromatic heterocycles. The van der Waals surface area contributed by atoms with Gasteiger partial charge < -0.3 is 4.42 Å². The highest BCUT2D eigenvalue weighted by Crippen LogP contribution is 2.37. The Kier molecular flexibility index (Phi) is 2.27. The fraction of sp³-hybridized carbons (Fsp3) is 0.0714. The van der Waals surface area contributed by atoms with Gasteiger partial charge in [0.1, 0.15) is 5.58 Å². The molecule has 0 atom stereocenters. The lowest BCUT2D eigenvalue weighted by Gasteiger charge is -1.95. The predicted octanol–water partition coefficient (Wildman–Crippen LogP) is 4.99. The van der Waals surface area contributed by atoms with Crippen molar-refractivity contribution >= 4 is 18.9 Å². The van der Waals surface area contributed by atoms with E-state index in [1.54, 1.807) is 0 Å². The number of para-hydroxylation sites is 1. The number of fused-ring (bicyclic) bond motifs is 1. The van der Waals surface area contributed by atoms with E-state index in [9.17, 15) is 0 Å². The second kappa shape index (κ2) is 3.77. The average Bonchev–Trinajstić information content (AvgIpc) is 2.73. The van der Waals surface area contributed by atoms with Gasteiger partial charge in [0.2, 0.25) is 0 Å². The minimum Gasteiger partial charge on any atom is -0.451 e. The van der Waals surface area contributed by atoms with Crippen molar-refractivity contribution < 1.29 is 4.42 Å². The Hall–Kier alpha value is -1.59. The standard InChI is InChI=1S/C14H11OP/c1-10-6-8-11(9-7-10)14-15-12-4-2-3-5-13(12)16-14/h2-9H,1H3. The molecule has 1 heterocycles. The number of hydrogen-bond acceptors (Lipinski definition) is 1. The molecule has 0 saturated carbocycles. The van der Waals surface area contributed by atoms with Crippen molar-refractivity contribution in [3.8, 4) is 11.1 Å². The molecule has 0 amide bonds. The highest BCUT2D eigenvalue weighted by molar-refractivity contribution is 7.40. The first-order valence-electron chi connectivity index (χ1n) is 5.25. The Morgan fingerprint density at radius 1 is 0.938 bits per heavy atom. The summed E-state index contributed by atoms with van der Waals surface area (Å²) in [6, 6.07) is 16.6. The van der Waals surface area contributed by atoms with Gasteiger partial charge in [-0.05, 0) is 27.2 Å². The number of rotatable bonds is 1. The van der Waals surface area contributed by atoms with Gasteiger partial charge in [-0.15, -0.1) is 0 Å². The van der Waals surface area contributed by atoms with E-state index in [4.69, 9.17) is 4.42 Å². The van der Waals surface area contributed by atoms with Gasteiger partial charge in [-0.2, -0.15) is 0 Å². The van der Waals surface area contributed by atoms with Crippen molar-refractivity contribution in [2.75, 3.05) is 0 Å². The third-order valence-electron chi connectivity index (χ3n) is 2.59. The zero-order valence-corrected chi connectivity index (χ0v) is 9.87. The molecule has 1 nitrogen and oxygen atoms in total. The molecule has 2 heteroatoms. The highest BCUT2D eigenvalue weighted by atomic mass is 31.0. The summed E-state index contributed by atoms with van der Waals surface area (Å²) in [5.41, 5.74) is 4.46. The highest BCUT2D eigenvalue weighted by Gasteiger charge is 2.05. The lowest BCUT2D eigenvalue weighted by molar-refractivity contribution is 0.639. The lowest BCUT2D eigenvalue weighted by Crippen LogP contribution is -1.72. The van der Waals surface area contributed by atoms with Crippen LogP contribution in [0.4, 0.5) is 0 Å². The summed E-state index contributed by atoms with van der Waals surface area (Å²) >= 11 is 0. The van der Waals surface area contributed by atoms with Gasteiger partial charge in [0, 0.05) is 10.7 Å². The molecule has 0 aliphatic carbocycles. The van der Waals surface area contributed by atoms with E-state index in [1.165, 1.54) is 16.2 Å². The Labute approximate surface area is 95.8 Å². The van der Waals surface area contributed by atoms with E-state index in [0.717, 1.165) is 19.3 Å². The van der Waals surface area contributed by atoms with E-state index >= 15 is 0 Å². The summed E-state index contributed by atoms with van der Waals surface area (Å²) < 4.78 is 5.84. The minimum atomic E-state index is 0.986. The second-order valence-corrected chi connectivity index (χ2v) is 4.96. The maximum absolute atomic E-state index is 5.84. The van der Waals surface area contributed by atoms with Crippen LogP contribution in [0.15, 0.2) is 52.9 Å². The first kappa shape index (κ1) is 9.62. The van der Waals surface area contributed by atoms with Crippen LogP contribution in [-0.2, 0) is 0 Å². The first-order valence-corrected chi connectivity index (χ1v) is 6.15. The summed E-state index contributed by atoms with van der Waals surface area (Å²) in [5, 5.41) is 1.25. The van der Waals surface area contributed by atoms with Gasteiger partial charge in [-0.25, -0.2) is 0 Å². The summed E-state index contributed by atoms with van der Waals surface area (Å²) in [6.45, 7) is 2.09. The summed E-state index contributed by atoms with van der Waals surface area (Å²) in [4.78, 5) is 0. The minimum absolute atomic E-state index is 0.986. The van der Waals surface area contributed by atoms with Crippen molar-refractivity contribution in [1.82, 2.24) is 0 Å². The fourth-order valence-electron chi connectivity index (χ4n) is 1.69. The number of aryl methyl sites for hydroxylation is 1. The van der Waals surface area contributed by atoms with Crippen LogP contribution in [0.25, 0.3) is 21.8 Å². The molecule has 0 saturated heterocycles. The lowest BCUT2D eigenvalue weighted by atomic mass is 10.2. The molecule has 0 aliphatic heterocycles. The topological polar surface area (TPSA) is 13.1 Å². The van der Waals surface area contributed by atoms with Crippen LogP contribution in [0, 0.1) is 6.92 Å². The van der Waals surface area contributed by atoms with Crippen LogP contribution in [0.5, 0.6) is 0 Å². The largest absolute Gasteiger partial charge is 0.451 e. The zero-order valence-electron chi connectivity index (χ0n) is 8.97. The molecule has 0 fully saturated rings. The predicted molar refractivity (Wildman–Crippen MR) is 68.9 cm³/mol. The van der Waals surface area contributed by atoms with E-state index < -0.39 is 0 Å². The van der Waals surface area contributed by atoms with Crippen LogP contribution in [0.3, 0.4) is 0 Å². The molecule has 3 aromatic rings. The monoisotopic (exact) mass is 226 g/mol. The molecule has 0 bridgehead atoms. The molecular formula is C14H11OP. The van der Waals surface area contributed by atoms with Crippen molar-refractivity contribution in [3.63, 3.8) is 0 Å². The quantitative estimate of drug-likeness (QED) is 0.569. The molecule has 16 heavy (non-hydrogen) atoms. The zero-order chi connectivity index (χ0) is 11.0. The molecule has 2 aromatic carbocycles. The van der Waals surface area contributed by atoms with E-state index in [1.807, 2.05) is 18.2 Å². The van der Waals surface area contributed by atoms with Gasteiger partial charge in [-0.3, -0.25) is 0 Å².